The fourth-order valence-corrected chi connectivity index (χ4v) is 2.40. The molecule has 0 unspecified atom stereocenters. The molecule has 1 aliphatic rings. The van der Waals surface area contributed by atoms with Gasteiger partial charge in [0.25, 0.3) is 0 Å². The molecule has 0 aliphatic carbocycles. The monoisotopic (exact) mass is 313 g/mol. The van der Waals surface area contributed by atoms with Crippen LogP contribution in [-0.2, 0) is 9.31 Å². The van der Waals surface area contributed by atoms with E-state index in [1.807, 2.05) is 46.9 Å². The van der Waals surface area contributed by atoms with E-state index < -0.39 is 18.3 Å². The number of nitriles is 1. The number of hydrogen-bond acceptors (Lipinski definition) is 5. The van der Waals surface area contributed by atoms with E-state index in [2.05, 4.69) is 11.4 Å². The van der Waals surface area contributed by atoms with E-state index >= 15 is 0 Å². The molecule has 3 N–H and O–H groups in total. The zero-order chi connectivity index (χ0) is 17.3. The highest BCUT2D eigenvalue weighted by molar-refractivity contribution is 6.56. The first-order chi connectivity index (χ1) is 10.7. The lowest BCUT2D eigenvalue weighted by atomic mass is 9.76. The quantitative estimate of drug-likeness (QED) is 0.659. The fraction of sp³-hybridized carbons (Fsp3) is 0.471. The van der Waals surface area contributed by atoms with Gasteiger partial charge in [0.2, 0.25) is 0 Å². The van der Waals surface area contributed by atoms with Crippen molar-refractivity contribution in [2.24, 2.45) is 0 Å². The second-order valence-electron chi connectivity index (χ2n) is 6.80. The Labute approximate surface area is 138 Å². The van der Waals surface area contributed by atoms with Gasteiger partial charge in [-0.1, -0.05) is 12.1 Å². The summed E-state index contributed by atoms with van der Waals surface area (Å²) in [6.07, 6.45) is 1.94. The minimum atomic E-state index is -0.448. The Hall–Kier alpha value is -1.81. The van der Waals surface area contributed by atoms with Gasteiger partial charge in [0.05, 0.1) is 22.8 Å². The number of rotatable bonds is 4. The molecule has 0 saturated carbocycles. The second kappa shape index (κ2) is 6.36. The van der Waals surface area contributed by atoms with Crippen molar-refractivity contribution >= 4 is 18.9 Å². The average molecular weight is 313 g/mol. The summed E-state index contributed by atoms with van der Waals surface area (Å²) in [7, 11) is 1.42. The largest absolute Gasteiger partial charge is 0.491 e. The highest BCUT2D eigenvalue weighted by Crippen LogP contribution is 2.38. The Morgan fingerprint density at radius 3 is 2.43 bits per heavy atom. The zero-order valence-electron chi connectivity index (χ0n) is 14.4. The Kier molecular flexibility index (Phi) is 4.85. The highest BCUT2D eigenvalue weighted by atomic mass is 16.7. The van der Waals surface area contributed by atoms with Gasteiger partial charge in [0.15, 0.2) is 0 Å². The molecule has 0 aromatic heterocycles. The van der Waals surface area contributed by atoms with Crippen molar-refractivity contribution in [3.8, 4) is 6.07 Å². The standard InChI is InChI=1S/C17H24BN3O2/c1-16(2)17(3,4)23-18(22-16)14(11-21-5)8-12-6-7-15(20)9-13(12)10-19/h6-9,21H,11,20H2,1-5H3. The van der Waals surface area contributed by atoms with Gasteiger partial charge < -0.3 is 20.4 Å². The molecule has 0 spiro atoms. The number of nitrogens with zero attached hydrogens (tertiary/aromatic N) is 1. The summed E-state index contributed by atoms with van der Waals surface area (Å²) in [5.41, 5.74) is 7.81. The van der Waals surface area contributed by atoms with E-state index in [4.69, 9.17) is 15.0 Å². The van der Waals surface area contributed by atoms with Crippen LogP contribution in [0.25, 0.3) is 6.08 Å². The molecule has 23 heavy (non-hydrogen) atoms. The third-order valence-electron chi connectivity index (χ3n) is 4.48. The number of benzene rings is 1. The number of hydrogen-bond donors (Lipinski definition) is 2. The molecule has 122 valence electrons. The van der Waals surface area contributed by atoms with Gasteiger partial charge in [-0.15, -0.1) is 0 Å². The minimum absolute atomic E-state index is 0.399. The first kappa shape index (κ1) is 17.5. The van der Waals surface area contributed by atoms with Crippen LogP contribution < -0.4 is 11.1 Å². The van der Waals surface area contributed by atoms with Crippen LogP contribution in [0, 0.1) is 11.3 Å². The normalized spacial score (nSPS) is 19.7. The summed E-state index contributed by atoms with van der Waals surface area (Å²) < 4.78 is 12.2. The summed E-state index contributed by atoms with van der Waals surface area (Å²) >= 11 is 0. The summed E-state index contributed by atoms with van der Waals surface area (Å²) in [6.45, 7) is 8.69. The zero-order valence-corrected chi connectivity index (χ0v) is 14.4. The minimum Gasteiger partial charge on any atom is -0.400 e. The molecule has 2 rings (SSSR count). The molecule has 1 aromatic carbocycles. The molecule has 0 amide bonds. The van der Waals surface area contributed by atoms with Crippen LogP contribution in [0.2, 0.25) is 0 Å². The van der Waals surface area contributed by atoms with Gasteiger partial charge in [-0.2, -0.15) is 5.26 Å². The molecule has 1 fully saturated rings. The van der Waals surface area contributed by atoms with Gasteiger partial charge in [0, 0.05) is 12.2 Å². The molecular formula is C17H24BN3O2. The molecule has 0 atom stereocenters. The van der Waals surface area contributed by atoms with Gasteiger partial charge >= 0.3 is 7.12 Å². The topological polar surface area (TPSA) is 80.3 Å². The Balaban J connectivity index is 2.39. The summed E-state index contributed by atoms with van der Waals surface area (Å²) in [5.74, 6) is 0. The van der Waals surface area contributed by atoms with Crippen molar-refractivity contribution in [3.63, 3.8) is 0 Å². The summed E-state index contributed by atoms with van der Waals surface area (Å²) in [4.78, 5) is 0. The molecule has 5 nitrogen and oxygen atoms in total. The predicted molar refractivity (Wildman–Crippen MR) is 93.6 cm³/mol. The highest BCUT2D eigenvalue weighted by Gasteiger charge is 2.52. The van der Waals surface area contributed by atoms with E-state index in [0.29, 0.717) is 17.8 Å². The number of likely N-dealkylation sites (N-methyl/N-ethyl adjacent to an activating group) is 1. The number of nitrogens with one attached hydrogen (secondary N) is 1. The van der Waals surface area contributed by atoms with Crippen LogP contribution in [0.1, 0.15) is 38.8 Å². The maximum Gasteiger partial charge on any atom is 0.491 e. The molecule has 1 aromatic rings. The van der Waals surface area contributed by atoms with E-state index in [1.165, 1.54) is 0 Å². The van der Waals surface area contributed by atoms with Gasteiger partial charge in [-0.25, -0.2) is 0 Å². The Bertz CT molecular complexity index is 646. The second-order valence-corrected chi connectivity index (χ2v) is 6.80. The van der Waals surface area contributed by atoms with E-state index in [1.54, 1.807) is 12.1 Å². The number of nitrogens with two attached hydrogens (primary N) is 1. The third kappa shape index (κ3) is 3.58. The molecule has 6 heteroatoms. The molecule has 1 aliphatic heterocycles. The lowest BCUT2D eigenvalue weighted by molar-refractivity contribution is 0.00578. The first-order valence-corrected chi connectivity index (χ1v) is 7.70. The maximum atomic E-state index is 9.30. The van der Waals surface area contributed by atoms with Crippen molar-refractivity contribution in [3.05, 3.63) is 34.8 Å². The van der Waals surface area contributed by atoms with Crippen LogP contribution >= 0.6 is 0 Å². The van der Waals surface area contributed by atoms with Crippen molar-refractivity contribution in [1.29, 1.82) is 5.26 Å². The van der Waals surface area contributed by atoms with Crippen molar-refractivity contribution < 1.29 is 9.31 Å². The SMILES string of the molecule is CNCC(=Cc1ccc(N)cc1C#N)B1OC(C)(C)C(C)(C)O1. The lowest BCUT2D eigenvalue weighted by Crippen LogP contribution is -2.41. The van der Waals surface area contributed by atoms with Crippen LogP contribution in [0.15, 0.2) is 23.7 Å². The van der Waals surface area contributed by atoms with Crippen LogP contribution in [0.4, 0.5) is 5.69 Å². The fourth-order valence-electron chi connectivity index (χ4n) is 2.40. The summed E-state index contributed by atoms with van der Waals surface area (Å²) in [5, 5.41) is 12.4. The predicted octanol–water partition coefficient (Wildman–Crippen LogP) is 2.37. The van der Waals surface area contributed by atoms with Gasteiger partial charge in [-0.3, -0.25) is 0 Å². The van der Waals surface area contributed by atoms with E-state index in [9.17, 15) is 5.26 Å². The molecular weight excluding hydrogens is 289 g/mol. The maximum absolute atomic E-state index is 9.30. The average Bonchev–Trinajstić information content (AvgIpc) is 2.68. The van der Waals surface area contributed by atoms with Gasteiger partial charge in [-0.05, 0) is 57.9 Å². The summed E-state index contributed by atoms with van der Waals surface area (Å²) in [6, 6.07) is 7.48. The van der Waals surface area contributed by atoms with Crippen LogP contribution in [0.5, 0.6) is 0 Å². The third-order valence-corrected chi connectivity index (χ3v) is 4.48. The molecule has 0 radical (unpaired) electrons. The van der Waals surface area contributed by atoms with Crippen molar-refractivity contribution in [2.75, 3.05) is 19.3 Å². The van der Waals surface area contributed by atoms with Gasteiger partial charge in [0.1, 0.15) is 0 Å². The molecule has 1 heterocycles. The lowest BCUT2D eigenvalue weighted by Gasteiger charge is -2.32. The van der Waals surface area contributed by atoms with Crippen LogP contribution in [-0.4, -0.2) is 31.9 Å². The van der Waals surface area contributed by atoms with Crippen molar-refractivity contribution in [1.82, 2.24) is 5.32 Å². The smallest absolute Gasteiger partial charge is 0.400 e. The molecule has 0 bridgehead atoms. The van der Waals surface area contributed by atoms with E-state index in [-0.39, 0.29) is 0 Å². The van der Waals surface area contributed by atoms with Crippen molar-refractivity contribution in [2.45, 2.75) is 38.9 Å². The number of anilines is 1. The Morgan fingerprint density at radius 1 is 1.30 bits per heavy atom. The van der Waals surface area contributed by atoms with E-state index in [0.717, 1.165) is 11.0 Å². The molecule has 1 saturated heterocycles. The first-order valence-electron chi connectivity index (χ1n) is 7.70. The Morgan fingerprint density at radius 2 is 1.91 bits per heavy atom. The number of nitrogen functional groups attached to an aromatic ring is 1. The van der Waals surface area contributed by atoms with Crippen LogP contribution in [0.3, 0.4) is 0 Å².